The molecule has 0 aromatic heterocycles. The van der Waals surface area contributed by atoms with Crippen LogP contribution in [0.2, 0.25) is 0 Å². The second kappa shape index (κ2) is 7.49. The predicted octanol–water partition coefficient (Wildman–Crippen LogP) is 4.14. The van der Waals surface area contributed by atoms with E-state index in [1.165, 1.54) is 38.5 Å². The minimum atomic E-state index is 0.190. The molecular formula is C16H33NO. The van der Waals surface area contributed by atoms with Crippen molar-refractivity contribution >= 4 is 0 Å². The third-order valence-electron chi connectivity index (χ3n) is 3.74. The molecule has 1 rings (SSSR count). The summed E-state index contributed by atoms with van der Waals surface area (Å²) < 4.78 is 6.34. The van der Waals surface area contributed by atoms with Gasteiger partial charge in [-0.25, -0.2) is 0 Å². The summed E-state index contributed by atoms with van der Waals surface area (Å²) in [4.78, 5) is 0. The largest absolute Gasteiger partial charge is 0.374 e. The molecule has 0 spiro atoms. The lowest BCUT2D eigenvalue weighted by molar-refractivity contribution is -0.0431. The molecular weight excluding hydrogens is 222 g/mol. The molecule has 108 valence electrons. The predicted molar refractivity (Wildman–Crippen MR) is 79.0 cm³/mol. The Hall–Kier alpha value is -0.0800. The Balaban J connectivity index is 2.36. The van der Waals surface area contributed by atoms with Crippen molar-refractivity contribution in [1.82, 2.24) is 5.32 Å². The van der Waals surface area contributed by atoms with Gasteiger partial charge in [0, 0.05) is 12.1 Å². The highest BCUT2D eigenvalue weighted by Crippen LogP contribution is 2.27. The number of ether oxygens (including phenoxy) is 1. The first-order chi connectivity index (χ1) is 8.40. The summed E-state index contributed by atoms with van der Waals surface area (Å²) in [6, 6.07) is 0. The molecule has 2 nitrogen and oxygen atoms in total. The monoisotopic (exact) mass is 255 g/mol. The van der Waals surface area contributed by atoms with Crippen molar-refractivity contribution in [1.29, 1.82) is 0 Å². The molecule has 1 N–H and O–H groups in total. The first kappa shape index (κ1) is 16.0. The minimum Gasteiger partial charge on any atom is -0.374 e. The van der Waals surface area contributed by atoms with Gasteiger partial charge < -0.3 is 10.1 Å². The van der Waals surface area contributed by atoms with E-state index in [0.29, 0.717) is 12.2 Å². The molecule has 1 fully saturated rings. The van der Waals surface area contributed by atoms with Crippen molar-refractivity contribution in [3.8, 4) is 0 Å². The summed E-state index contributed by atoms with van der Waals surface area (Å²) in [6.45, 7) is 12.3. The Bertz CT molecular complexity index is 222. The maximum atomic E-state index is 6.34. The average molecular weight is 255 g/mol. The van der Waals surface area contributed by atoms with Crippen molar-refractivity contribution < 1.29 is 4.74 Å². The average Bonchev–Trinajstić information content (AvgIpc) is 2.25. The lowest BCUT2D eigenvalue weighted by atomic mass is 9.88. The van der Waals surface area contributed by atoms with Crippen LogP contribution in [0.1, 0.15) is 73.1 Å². The molecule has 0 aromatic rings. The fraction of sp³-hybridized carbons (Fsp3) is 1.00. The molecule has 0 amide bonds. The van der Waals surface area contributed by atoms with Gasteiger partial charge in [0.15, 0.2) is 0 Å². The van der Waals surface area contributed by atoms with Gasteiger partial charge in [-0.15, -0.1) is 0 Å². The smallest absolute Gasteiger partial charge is 0.0703 e. The number of rotatable bonds is 6. The van der Waals surface area contributed by atoms with E-state index in [-0.39, 0.29) is 5.54 Å². The quantitative estimate of drug-likeness (QED) is 0.770. The zero-order valence-corrected chi connectivity index (χ0v) is 13.1. The number of hydrogen-bond acceptors (Lipinski definition) is 2. The number of hydrogen-bond donors (Lipinski definition) is 1. The summed E-state index contributed by atoms with van der Waals surface area (Å²) in [5.74, 6) is 0.849. The standard InChI is InChI=1S/C16H33NO/c1-6-8-15(12-17-16(3,4)5)18-14-10-7-9-13(2)11-14/h13-15,17H,6-12H2,1-5H3. The van der Waals surface area contributed by atoms with Crippen molar-refractivity contribution in [2.75, 3.05) is 6.54 Å². The summed E-state index contributed by atoms with van der Waals surface area (Å²) in [5.41, 5.74) is 0.190. The zero-order valence-electron chi connectivity index (χ0n) is 13.1. The first-order valence-electron chi connectivity index (χ1n) is 7.81. The Morgan fingerprint density at radius 1 is 1.28 bits per heavy atom. The second-order valence-corrected chi connectivity index (χ2v) is 7.07. The summed E-state index contributed by atoms with van der Waals surface area (Å²) in [7, 11) is 0. The third kappa shape index (κ3) is 6.75. The number of nitrogens with one attached hydrogen (secondary N) is 1. The molecule has 18 heavy (non-hydrogen) atoms. The van der Waals surface area contributed by atoms with Gasteiger partial charge in [0.2, 0.25) is 0 Å². The van der Waals surface area contributed by atoms with Gasteiger partial charge in [0.05, 0.1) is 12.2 Å². The van der Waals surface area contributed by atoms with Crippen molar-refractivity contribution in [2.24, 2.45) is 5.92 Å². The summed E-state index contributed by atoms with van der Waals surface area (Å²) in [6.07, 6.45) is 8.54. The van der Waals surface area contributed by atoms with Gasteiger partial charge in [-0.3, -0.25) is 0 Å². The molecule has 0 aromatic carbocycles. The topological polar surface area (TPSA) is 21.3 Å². The molecule has 0 aliphatic heterocycles. The SMILES string of the molecule is CCCC(CNC(C)(C)C)OC1CCCC(C)C1. The fourth-order valence-electron chi connectivity index (χ4n) is 2.73. The van der Waals surface area contributed by atoms with Crippen LogP contribution in [0.4, 0.5) is 0 Å². The molecule has 0 bridgehead atoms. The molecule has 2 heteroatoms. The summed E-state index contributed by atoms with van der Waals surface area (Å²) >= 11 is 0. The van der Waals surface area contributed by atoms with Crippen LogP contribution in [0, 0.1) is 5.92 Å². The van der Waals surface area contributed by atoms with Crippen LogP contribution >= 0.6 is 0 Å². The van der Waals surface area contributed by atoms with E-state index >= 15 is 0 Å². The molecule has 1 aliphatic rings. The van der Waals surface area contributed by atoms with E-state index in [9.17, 15) is 0 Å². The van der Waals surface area contributed by atoms with Crippen LogP contribution in [-0.2, 0) is 4.74 Å². The Morgan fingerprint density at radius 2 is 2.00 bits per heavy atom. The van der Waals surface area contributed by atoms with E-state index < -0.39 is 0 Å². The van der Waals surface area contributed by atoms with Crippen LogP contribution in [0.3, 0.4) is 0 Å². The van der Waals surface area contributed by atoms with Crippen molar-refractivity contribution in [2.45, 2.75) is 90.9 Å². The maximum Gasteiger partial charge on any atom is 0.0703 e. The Labute approximate surface area is 114 Å². The van der Waals surface area contributed by atoms with Gasteiger partial charge in [0.25, 0.3) is 0 Å². The van der Waals surface area contributed by atoms with Gasteiger partial charge in [-0.2, -0.15) is 0 Å². The highest BCUT2D eigenvalue weighted by atomic mass is 16.5. The van der Waals surface area contributed by atoms with Crippen molar-refractivity contribution in [3.63, 3.8) is 0 Å². The van der Waals surface area contributed by atoms with Crippen LogP contribution < -0.4 is 5.32 Å². The Morgan fingerprint density at radius 3 is 2.56 bits per heavy atom. The van der Waals surface area contributed by atoms with E-state index in [2.05, 4.69) is 39.9 Å². The Kier molecular flexibility index (Phi) is 6.65. The zero-order chi connectivity index (χ0) is 13.6. The van der Waals surface area contributed by atoms with E-state index in [4.69, 9.17) is 4.74 Å². The highest BCUT2D eigenvalue weighted by molar-refractivity contribution is 4.76. The van der Waals surface area contributed by atoms with E-state index in [1.54, 1.807) is 0 Å². The van der Waals surface area contributed by atoms with Crippen molar-refractivity contribution in [3.05, 3.63) is 0 Å². The molecule has 0 heterocycles. The van der Waals surface area contributed by atoms with Gasteiger partial charge >= 0.3 is 0 Å². The fourth-order valence-corrected chi connectivity index (χ4v) is 2.73. The van der Waals surface area contributed by atoms with Gasteiger partial charge in [0.1, 0.15) is 0 Å². The molecule has 3 unspecified atom stereocenters. The molecule has 1 aliphatic carbocycles. The summed E-state index contributed by atoms with van der Waals surface area (Å²) in [5, 5.41) is 3.58. The van der Waals surface area contributed by atoms with Crippen LogP contribution in [-0.4, -0.2) is 24.3 Å². The van der Waals surface area contributed by atoms with E-state index in [0.717, 1.165) is 12.5 Å². The first-order valence-corrected chi connectivity index (χ1v) is 7.81. The van der Waals surface area contributed by atoms with Gasteiger partial charge in [-0.1, -0.05) is 33.1 Å². The molecule has 1 saturated carbocycles. The lowest BCUT2D eigenvalue weighted by Gasteiger charge is -2.32. The maximum absolute atomic E-state index is 6.34. The normalized spacial score (nSPS) is 27.2. The van der Waals surface area contributed by atoms with Crippen LogP contribution in [0.5, 0.6) is 0 Å². The molecule has 3 atom stereocenters. The third-order valence-corrected chi connectivity index (χ3v) is 3.74. The highest BCUT2D eigenvalue weighted by Gasteiger charge is 2.23. The molecule has 0 saturated heterocycles. The second-order valence-electron chi connectivity index (χ2n) is 7.07. The minimum absolute atomic E-state index is 0.190. The van der Waals surface area contributed by atoms with Crippen LogP contribution in [0.25, 0.3) is 0 Å². The molecule has 0 radical (unpaired) electrons. The van der Waals surface area contributed by atoms with Crippen LogP contribution in [0.15, 0.2) is 0 Å². The van der Waals surface area contributed by atoms with Gasteiger partial charge in [-0.05, 0) is 46.0 Å². The lowest BCUT2D eigenvalue weighted by Crippen LogP contribution is -2.43. The van der Waals surface area contributed by atoms with E-state index in [1.807, 2.05) is 0 Å².